The lowest BCUT2D eigenvalue weighted by Gasteiger charge is -2.04. The minimum absolute atomic E-state index is 0.0775. The Balaban J connectivity index is 1.44. The Hall–Kier alpha value is -2.93. The molecule has 0 bridgehead atoms. The minimum Gasteiger partial charge on any atom is -0.342 e. The number of hydrogen-bond acceptors (Lipinski definition) is 4. The van der Waals surface area contributed by atoms with Crippen LogP contribution in [-0.4, -0.2) is 28.1 Å². The Morgan fingerprint density at radius 3 is 2.72 bits per heavy atom. The van der Waals surface area contributed by atoms with E-state index in [9.17, 15) is 9.59 Å². The summed E-state index contributed by atoms with van der Waals surface area (Å²) >= 11 is 1.34. The predicted molar refractivity (Wildman–Crippen MR) is 97.7 cm³/mol. The van der Waals surface area contributed by atoms with Gasteiger partial charge in [0.05, 0.1) is 23.3 Å². The molecule has 2 aromatic heterocycles. The number of amides is 2. The average Bonchev–Trinajstić information content (AvgIpc) is 3.31. The number of carbonyl (C=O) groups is 2. The third kappa shape index (κ3) is 5.02. The maximum absolute atomic E-state index is 11.9. The zero-order valence-electron chi connectivity index (χ0n) is 13.5. The molecule has 0 atom stereocenters. The highest BCUT2D eigenvalue weighted by molar-refractivity contribution is 7.12. The molecule has 2 amide bonds. The van der Waals surface area contributed by atoms with Crippen molar-refractivity contribution in [3.8, 4) is 0 Å². The smallest absolute Gasteiger partial charge is 0.261 e. The molecule has 0 aliphatic heterocycles. The topological polar surface area (TPSA) is 76.0 Å². The first kappa shape index (κ1) is 16.9. The first-order chi connectivity index (χ1) is 12.2. The lowest BCUT2D eigenvalue weighted by molar-refractivity contribution is -0.115. The molecule has 0 saturated carbocycles. The van der Waals surface area contributed by atoms with Gasteiger partial charge < -0.3 is 10.6 Å². The van der Waals surface area contributed by atoms with Crippen LogP contribution in [0.4, 0.5) is 5.69 Å². The number of carbonyl (C=O) groups excluding carboxylic acids is 2. The van der Waals surface area contributed by atoms with Crippen LogP contribution in [-0.2, 0) is 17.8 Å². The summed E-state index contributed by atoms with van der Waals surface area (Å²) in [6.07, 6.45) is 4.25. The predicted octanol–water partition coefficient (Wildman–Crippen LogP) is 2.56. The van der Waals surface area contributed by atoms with Crippen molar-refractivity contribution >= 4 is 28.8 Å². The number of aryl methyl sites for hydroxylation is 2. The van der Waals surface area contributed by atoms with E-state index in [-0.39, 0.29) is 18.4 Å². The quantitative estimate of drug-likeness (QED) is 0.685. The number of nitrogens with one attached hydrogen (secondary N) is 2. The Morgan fingerprint density at radius 1 is 1.12 bits per heavy atom. The zero-order valence-corrected chi connectivity index (χ0v) is 14.3. The number of aromatic nitrogens is 2. The molecule has 0 radical (unpaired) electrons. The summed E-state index contributed by atoms with van der Waals surface area (Å²) < 4.78 is 1.78. The fourth-order valence-corrected chi connectivity index (χ4v) is 2.94. The monoisotopic (exact) mass is 354 g/mol. The molecule has 0 saturated heterocycles. The van der Waals surface area contributed by atoms with Crippen LogP contribution in [0.5, 0.6) is 0 Å². The highest BCUT2D eigenvalue weighted by Gasteiger charge is 2.09. The lowest BCUT2D eigenvalue weighted by Crippen LogP contribution is -2.32. The third-order valence-corrected chi connectivity index (χ3v) is 4.41. The van der Waals surface area contributed by atoms with Gasteiger partial charge in [-0.3, -0.25) is 14.3 Å². The van der Waals surface area contributed by atoms with E-state index in [4.69, 9.17) is 0 Å². The van der Waals surface area contributed by atoms with E-state index >= 15 is 0 Å². The maximum Gasteiger partial charge on any atom is 0.261 e. The minimum atomic E-state index is -0.285. The molecule has 2 heterocycles. The van der Waals surface area contributed by atoms with E-state index < -0.39 is 0 Å². The van der Waals surface area contributed by atoms with Crippen molar-refractivity contribution in [3.63, 3.8) is 0 Å². The van der Waals surface area contributed by atoms with Crippen LogP contribution in [0.1, 0.15) is 15.2 Å². The Labute approximate surface area is 149 Å². The molecular formula is C18H18N4O2S. The van der Waals surface area contributed by atoms with Crippen molar-refractivity contribution in [2.75, 3.05) is 11.9 Å². The summed E-state index contributed by atoms with van der Waals surface area (Å²) in [7, 11) is 0. The van der Waals surface area contributed by atoms with Crippen molar-refractivity contribution in [1.29, 1.82) is 0 Å². The van der Waals surface area contributed by atoms with Crippen LogP contribution in [0, 0.1) is 0 Å². The van der Waals surface area contributed by atoms with Gasteiger partial charge >= 0.3 is 0 Å². The van der Waals surface area contributed by atoms with E-state index in [0.717, 1.165) is 13.0 Å². The summed E-state index contributed by atoms with van der Waals surface area (Å²) in [4.78, 5) is 24.3. The molecule has 0 spiro atoms. The van der Waals surface area contributed by atoms with Crippen molar-refractivity contribution in [1.82, 2.24) is 15.1 Å². The maximum atomic E-state index is 11.9. The summed E-state index contributed by atoms with van der Waals surface area (Å²) in [5.41, 5.74) is 1.85. The highest BCUT2D eigenvalue weighted by Crippen LogP contribution is 2.08. The van der Waals surface area contributed by atoms with E-state index in [0.29, 0.717) is 10.6 Å². The van der Waals surface area contributed by atoms with Gasteiger partial charge in [0.1, 0.15) is 0 Å². The summed E-state index contributed by atoms with van der Waals surface area (Å²) in [5.74, 6) is -0.531. The molecule has 25 heavy (non-hydrogen) atoms. The number of hydrogen-bond donors (Lipinski definition) is 2. The molecule has 0 unspecified atom stereocenters. The molecule has 7 heteroatoms. The Morgan fingerprint density at radius 2 is 1.96 bits per heavy atom. The fourth-order valence-electron chi connectivity index (χ4n) is 2.30. The largest absolute Gasteiger partial charge is 0.342 e. The van der Waals surface area contributed by atoms with Crippen molar-refractivity contribution in [3.05, 3.63) is 70.7 Å². The fraction of sp³-hybridized carbons (Fsp3) is 0.167. The first-order valence-electron chi connectivity index (χ1n) is 7.88. The van der Waals surface area contributed by atoms with E-state index in [1.807, 2.05) is 23.6 Å². The van der Waals surface area contributed by atoms with Gasteiger partial charge in [0.2, 0.25) is 5.91 Å². The molecule has 3 aromatic rings. The molecule has 0 fully saturated rings. The molecule has 1 aromatic carbocycles. The number of benzene rings is 1. The van der Waals surface area contributed by atoms with E-state index in [1.54, 1.807) is 29.2 Å². The normalized spacial score (nSPS) is 10.4. The highest BCUT2D eigenvalue weighted by atomic mass is 32.1. The van der Waals surface area contributed by atoms with Gasteiger partial charge in [-0.2, -0.15) is 5.10 Å². The second-order valence-corrected chi connectivity index (χ2v) is 6.38. The summed E-state index contributed by atoms with van der Waals surface area (Å²) in [5, 5.41) is 11.4. The van der Waals surface area contributed by atoms with Gasteiger partial charge in [-0.05, 0) is 23.4 Å². The van der Waals surface area contributed by atoms with Crippen LogP contribution in [0.2, 0.25) is 0 Å². The van der Waals surface area contributed by atoms with Crippen molar-refractivity contribution < 1.29 is 9.59 Å². The van der Waals surface area contributed by atoms with Crippen LogP contribution in [0.25, 0.3) is 0 Å². The summed E-state index contributed by atoms with van der Waals surface area (Å²) in [6, 6.07) is 13.7. The van der Waals surface area contributed by atoms with Crippen molar-refractivity contribution in [2.24, 2.45) is 0 Å². The van der Waals surface area contributed by atoms with Gasteiger partial charge in [-0.25, -0.2) is 0 Å². The number of nitrogens with zero attached hydrogens (tertiary/aromatic N) is 2. The average molecular weight is 354 g/mol. The van der Waals surface area contributed by atoms with Gasteiger partial charge in [0.25, 0.3) is 5.91 Å². The van der Waals surface area contributed by atoms with Gasteiger partial charge in [0.15, 0.2) is 0 Å². The SMILES string of the molecule is O=C(CNC(=O)c1cccs1)Nc1cnn(CCc2ccccc2)c1. The number of anilines is 1. The second kappa shape index (κ2) is 8.25. The molecule has 0 aliphatic rings. The van der Waals surface area contributed by atoms with E-state index in [1.165, 1.54) is 16.9 Å². The van der Waals surface area contributed by atoms with Crippen LogP contribution < -0.4 is 10.6 Å². The van der Waals surface area contributed by atoms with Crippen LogP contribution in [0.15, 0.2) is 60.2 Å². The van der Waals surface area contributed by atoms with Gasteiger partial charge in [-0.1, -0.05) is 36.4 Å². The summed E-state index contributed by atoms with van der Waals surface area (Å²) in [6.45, 7) is 0.654. The molecule has 3 rings (SSSR count). The molecular weight excluding hydrogens is 336 g/mol. The third-order valence-electron chi connectivity index (χ3n) is 3.54. The second-order valence-electron chi connectivity index (χ2n) is 5.44. The molecule has 2 N–H and O–H groups in total. The van der Waals surface area contributed by atoms with E-state index in [2.05, 4.69) is 27.9 Å². The standard InChI is InChI=1S/C18H18N4O2S/c23-17(12-19-18(24)16-7-4-10-25-16)21-15-11-20-22(13-15)9-8-14-5-2-1-3-6-14/h1-7,10-11,13H,8-9,12H2,(H,19,24)(H,21,23). The molecule has 0 aliphatic carbocycles. The van der Waals surface area contributed by atoms with Crippen molar-refractivity contribution in [2.45, 2.75) is 13.0 Å². The molecule has 128 valence electrons. The van der Waals surface area contributed by atoms with Crippen LogP contribution in [0.3, 0.4) is 0 Å². The number of thiophene rings is 1. The van der Waals surface area contributed by atoms with Gasteiger partial charge in [-0.15, -0.1) is 11.3 Å². The van der Waals surface area contributed by atoms with Gasteiger partial charge in [0, 0.05) is 12.7 Å². The Bertz CT molecular complexity index is 828. The Kier molecular flexibility index (Phi) is 5.58. The lowest BCUT2D eigenvalue weighted by atomic mass is 10.1. The first-order valence-corrected chi connectivity index (χ1v) is 8.76. The molecule has 6 nitrogen and oxygen atoms in total. The zero-order chi connectivity index (χ0) is 17.5. The number of rotatable bonds is 7. The van der Waals surface area contributed by atoms with Crippen LogP contribution >= 0.6 is 11.3 Å².